The van der Waals surface area contributed by atoms with Crippen molar-refractivity contribution in [3.8, 4) is 11.1 Å². The van der Waals surface area contributed by atoms with Gasteiger partial charge in [0.2, 0.25) is 0 Å². The summed E-state index contributed by atoms with van der Waals surface area (Å²) in [6.45, 7) is 4.70. The zero-order valence-corrected chi connectivity index (χ0v) is 14.9. The number of nitrogens with zero attached hydrogens (tertiary/aromatic N) is 2. The standard InChI is InChI=1S/C21H21N3O3/c25-15-27-23-21-8-7-18(19-3-1-2-4-20(19)21)16-5-6-17(22-13-16)14-24-9-11-26-12-10-24/h1-8,13,15,23H,9-12,14H2. The first kappa shape index (κ1) is 17.5. The summed E-state index contributed by atoms with van der Waals surface area (Å²) in [7, 11) is 0. The molecule has 0 spiro atoms. The van der Waals surface area contributed by atoms with Gasteiger partial charge in [-0.05, 0) is 23.1 Å². The summed E-state index contributed by atoms with van der Waals surface area (Å²) in [6, 6.07) is 16.1. The van der Waals surface area contributed by atoms with Crippen LogP contribution in [0.4, 0.5) is 5.69 Å². The summed E-state index contributed by atoms with van der Waals surface area (Å²) >= 11 is 0. The Bertz CT molecular complexity index is 922. The van der Waals surface area contributed by atoms with Gasteiger partial charge in [-0.2, -0.15) is 0 Å². The number of rotatable bonds is 6. The average Bonchev–Trinajstić information content (AvgIpc) is 2.73. The lowest BCUT2D eigenvalue weighted by Crippen LogP contribution is -2.35. The third kappa shape index (κ3) is 3.92. The number of carbonyl (C=O) groups excluding carboxylic acids is 1. The Morgan fingerprint density at radius 1 is 1.07 bits per heavy atom. The lowest BCUT2D eigenvalue weighted by atomic mass is 9.98. The molecule has 0 radical (unpaired) electrons. The third-order valence-corrected chi connectivity index (χ3v) is 4.77. The molecule has 6 heteroatoms. The van der Waals surface area contributed by atoms with Crippen LogP contribution in [0.25, 0.3) is 21.9 Å². The maximum Gasteiger partial charge on any atom is 0.320 e. The molecule has 0 saturated carbocycles. The molecule has 0 atom stereocenters. The van der Waals surface area contributed by atoms with Crippen LogP contribution in [0.15, 0.2) is 54.7 Å². The van der Waals surface area contributed by atoms with Crippen LogP contribution < -0.4 is 5.48 Å². The fourth-order valence-corrected chi connectivity index (χ4v) is 3.39. The maximum atomic E-state index is 10.5. The van der Waals surface area contributed by atoms with Gasteiger partial charge in [-0.15, -0.1) is 0 Å². The zero-order valence-electron chi connectivity index (χ0n) is 14.9. The van der Waals surface area contributed by atoms with E-state index in [1.54, 1.807) is 0 Å². The van der Waals surface area contributed by atoms with Crippen molar-refractivity contribution in [2.45, 2.75) is 6.54 Å². The smallest absolute Gasteiger partial charge is 0.320 e. The van der Waals surface area contributed by atoms with E-state index in [1.165, 1.54) is 0 Å². The first-order chi connectivity index (χ1) is 13.3. The minimum atomic E-state index is 0.375. The van der Waals surface area contributed by atoms with E-state index in [4.69, 9.17) is 9.57 Å². The largest absolute Gasteiger partial charge is 0.379 e. The minimum Gasteiger partial charge on any atom is -0.379 e. The van der Waals surface area contributed by atoms with Crippen LogP contribution in [0, 0.1) is 0 Å². The molecule has 0 aliphatic carbocycles. The number of morpholine rings is 1. The Morgan fingerprint density at radius 2 is 1.89 bits per heavy atom. The highest BCUT2D eigenvalue weighted by molar-refractivity contribution is 6.03. The molecule has 0 amide bonds. The summed E-state index contributed by atoms with van der Waals surface area (Å²) in [5.41, 5.74) is 6.62. The second-order valence-corrected chi connectivity index (χ2v) is 6.45. The number of carbonyl (C=O) groups is 1. The van der Waals surface area contributed by atoms with E-state index in [-0.39, 0.29) is 0 Å². The predicted molar refractivity (Wildman–Crippen MR) is 104 cm³/mol. The fourth-order valence-electron chi connectivity index (χ4n) is 3.39. The van der Waals surface area contributed by atoms with Crippen molar-refractivity contribution in [2.24, 2.45) is 0 Å². The molecule has 138 valence electrons. The van der Waals surface area contributed by atoms with Crippen LogP contribution in [0.2, 0.25) is 0 Å². The van der Waals surface area contributed by atoms with Crippen LogP contribution in [-0.4, -0.2) is 42.7 Å². The monoisotopic (exact) mass is 363 g/mol. The SMILES string of the molecule is O=CONc1ccc(-c2ccc(CN3CCOCC3)nc2)c2ccccc12. The number of benzene rings is 2. The quantitative estimate of drug-likeness (QED) is 0.536. The molecule has 6 nitrogen and oxygen atoms in total. The van der Waals surface area contributed by atoms with Gasteiger partial charge in [-0.3, -0.25) is 14.7 Å². The Kier molecular flexibility index (Phi) is 5.27. The highest BCUT2D eigenvalue weighted by Gasteiger charge is 2.12. The van der Waals surface area contributed by atoms with Crippen molar-refractivity contribution in [1.29, 1.82) is 0 Å². The van der Waals surface area contributed by atoms with Gasteiger partial charge >= 0.3 is 6.47 Å². The lowest BCUT2D eigenvalue weighted by molar-refractivity contribution is -0.126. The molecular formula is C21H21N3O3. The van der Waals surface area contributed by atoms with Crippen molar-refractivity contribution in [3.05, 3.63) is 60.4 Å². The van der Waals surface area contributed by atoms with Gasteiger partial charge in [-0.25, -0.2) is 5.48 Å². The highest BCUT2D eigenvalue weighted by atomic mass is 16.7. The van der Waals surface area contributed by atoms with Crippen molar-refractivity contribution < 1.29 is 14.4 Å². The molecule has 0 unspecified atom stereocenters. The molecule has 1 aliphatic heterocycles. The van der Waals surface area contributed by atoms with Crippen LogP contribution in [0.1, 0.15) is 5.69 Å². The second-order valence-electron chi connectivity index (χ2n) is 6.45. The van der Waals surface area contributed by atoms with E-state index in [2.05, 4.69) is 33.6 Å². The third-order valence-electron chi connectivity index (χ3n) is 4.77. The van der Waals surface area contributed by atoms with Crippen LogP contribution in [0.5, 0.6) is 0 Å². The molecule has 1 saturated heterocycles. The summed E-state index contributed by atoms with van der Waals surface area (Å²) in [4.78, 5) is 22.2. The molecule has 4 rings (SSSR count). The van der Waals surface area contributed by atoms with Gasteiger partial charge in [-0.1, -0.05) is 36.4 Å². The first-order valence-corrected chi connectivity index (χ1v) is 8.97. The van der Waals surface area contributed by atoms with Crippen LogP contribution in [-0.2, 0) is 20.9 Å². The van der Waals surface area contributed by atoms with Crippen LogP contribution >= 0.6 is 0 Å². The summed E-state index contributed by atoms with van der Waals surface area (Å²) in [5.74, 6) is 0. The van der Waals surface area contributed by atoms with E-state index >= 15 is 0 Å². The van der Waals surface area contributed by atoms with E-state index in [1.807, 2.05) is 36.5 Å². The number of hydrogen-bond donors (Lipinski definition) is 1. The molecule has 1 aromatic heterocycles. The van der Waals surface area contributed by atoms with Gasteiger partial charge in [0, 0.05) is 36.8 Å². The van der Waals surface area contributed by atoms with E-state index in [0.29, 0.717) is 6.47 Å². The van der Waals surface area contributed by atoms with Gasteiger partial charge in [0.1, 0.15) is 0 Å². The molecule has 27 heavy (non-hydrogen) atoms. The Morgan fingerprint density at radius 3 is 2.63 bits per heavy atom. The minimum absolute atomic E-state index is 0.375. The van der Waals surface area contributed by atoms with Gasteiger partial charge < -0.3 is 9.57 Å². The average molecular weight is 363 g/mol. The Labute approximate surface area is 157 Å². The van der Waals surface area contributed by atoms with Gasteiger partial charge in [0.25, 0.3) is 0 Å². The molecule has 2 heterocycles. The zero-order chi connectivity index (χ0) is 18.5. The molecule has 1 fully saturated rings. The summed E-state index contributed by atoms with van der Waals surface area (Å²) < 4.78 is 5.39. The van der Waals surface area contributed by atoms with E-state index < -0.39 is 0 Å². The van der Waals surface area contributed by atoms with Crippen molar-refractivity contribution in [2.75, 3.05) is 31.8 Å². The van der Waals surface area contributed by atoms with Crippen molar-refractivity contribution in [1.82, 2.24) is 9.88 Å². The molecule has 3 aromatic rings. The molecule has 1 aliphatic rings. The first-order valence-electron chi connectivity index (χ1n) is 8.97. The maximum absolute atomic E-state index is 10.5. The number of aromatic nitrogens is 1. The highest BCUT2D eigenvalue weighted by Crippen LogP contribution is 2.33. The van der Waals surface area contributed by atoms with E-state index in [9.17, 15) is 4.79 Å². The molecule has 2 aromatic carbocycles. The van der Waals surface area contributed by atoms with Gasteiger partial charge in [0.15, 0.2) is 0 Å². The van der Waals surface area contributed by atoms with Gasteiger partial charge in [0.05, 0.1) is 24.6 Å². The fraction of sp³-hybridized carbons (Fsp3) is 0.238. The second kappa shape index (κ2) is 8.16. The Hall–Kier alpha value is -2.96. The number of anilines is 1. The number of fused-ring (bicyclic) bond motifs is 1. The normalized spacial score (nSPS) is 14.8. The molecule has 1 N–H and O–H groups in total. The topological polar surface area (TPSA) is 63.7 Å². The number of ether oxygens (including phenoxy) is 1. The lowest BCUT2D eigenvalue weighted by Gasteiger charge is -2.26. The number of hydrogen-bond acceptors (Lipinski definition) is 6. The number of nitrogens with one attached hydrogen (secondary N) is 1. The summed E-state index contributed by atoms with van der Waals surface area (Å²) in [5, 5.41) is 2.05. The van der Waals surface area contributed by atoms with Crippen LogP contribution in [0.3, 0.4) is 0 Å². The van der Waals surface area contributed by atoms with E-state index in [0.717, 1.165) is 66.1 Å². The Balaban J connectivity index is 1.61. The molecule has 0 bridgehead atoms. The number of pyridine rings is 1. The summed E-state index contributed by atoms with van der Waals surface area (Å²) in [6.07, 6.45) is 1.92. The van der Waals surface area contributed by atoms with Crippen molar-refractivity contribution >= 4 is 22.9 Å². The molecular weight excluding hydrogens is 342 g/mol. The van der Waals surface area contributed by atoms with Crippen molar-refractivity contribution in [3.63, 3.8) is 0 Å². The predicted octanol–water partition coefficient (Wildman–Crippen LogP) is 3.23.